The van der Waals surface area contributed by atoms with Crippen molar-refractivity contribution in [1.82, 2.24) is 10.3 Å². The van der Waals surface area contributed by atoms with Crippen molar-refractivity contribution in [3.63, 3.8) is 0 Å². The summed E-state index contributed by atoms with van der Waals surface area (Å²) in [6.07, 6.45) is 10.3. The summed E-state index contributed by atoms with van der Waals surface area (Å²) in [5.74, 6) is 3.36. The first-order valence-corrected chi connectivity index (χ1v) is 9.45. The van der Waals surface area contributed by atoms with Gasteiger partial charge in [-0.2, -0.15) is 0 Å². The third-order valence-electron chi connectivity index (χ3n) is 6.19. The zero-order valence-corrected chi connectivity index (χ0v) is 15.0. The molecule has 4 fully saturated rings. The minimum Gasteiger partial charge on any atom is -0.317 e. The van der Waals surface area contributed by atoms with E-state index in [1.165, 1.54) is 38.5 Å². The normalized spacial score (nSPS) is 33.3. The van der Waals surface area contributed by atoms with Crippen LogP contribution in [-0.2, 0) is 4.79 Å². The predicted molar refractivity (Wildman–Crippen MR) is 98.6 cm³/mol. The molecule has 4 bridgehead atoms. The Bertz CT molecular complexity index is 637. The van der Waals surface area contributed by atoms with Crippen molar-refractivity contribution in [1.29, 1.82) is 0 Å². The van der Waals surface area contributed by atoms with E-state index in [0.717, 1.165) is 23.3 Å². The summed E-state index contributed by atoms with van der Waals surface area (Å²) in [6, 6.07) is 3.85. The quantitative estimate of drug-likeness (QED) is 0.820. The van der Waals surface area contributed by atoms with Gasteiger partial charge >= 0.3 is 0 Å². The minimum absolute atomic E-state index is 0.0584. The molecule has 0 aliphatic heterocycles. The number of pyridine rings is 1. The van der Waals surface area contributed by atoms with Crippen LogP contribution in [0.1, 0.15) is 50.5 Å². The van der Waals surface area contributed by atoms with Gasteiger partial charge in [-0.1, -0.05) is 6.07 Å². The van der Waals surface area contributed by atoms with Crippen LogP contribution in [0.4, 0.5) is 5.82 Å². The molecule has 4 aliphatic carbocycles. The van der Waals surface area contributed by atoms with Gasteiger partial charge in [-0.3, -0.25) is 4.79 Å². The molecule has 0 unspecified atom stereocenters. The Morgan fingerprint density at radius 2 is 1.88 bits per heavy atom. The van der Waals surface area contributed by atoms with E-state index >= 15 is 0 Å². The molecule has 0 spiro atoms. The summed E-state index contributed by atoms with van der Waals surface area (Å²) in [5, 5.41) is 6.26. The number of amides is 1. The third-order valence-corrected chi connectivity index (χ3v) is 6.40. The summed E-state index contributed by atoms with van der Waals surface area (Å²) in [7, 11) is 0. The second kappa shape index (κ2) is 6.10. The minimum atomic E-state index is 0.0584. The zero-order valence-electron chi connectivity index (χ0n) is 14.2. The van der Waals surface area contributed by atoms with Crippen LogP contribution >= 0.6 is 12.2 Å². The molecular weight excluding hydrogens is 318 g/mol. The zero-order chi connectivity index (χ0) is 16.7. The van der Waals surface area contributed by atoms with Crippen molar-refractivity contribution in [3.05, 3.63) is 23.9 Å². The molecule has 4 saturated carbocycles. The fraction of sp³-hybridized carbons (Fsp3) is 0.632. The second-order valence-electron chi connectivity index (χ2n) is 8.27. The molecule has 2 N–H and O–H groups in total. The van der Waals surface area contributed by atoms with E-state index in [1.807, 2.05) is 19.1 Å². The molecule has 4 nitrogen and oxygen atoms in total. The van der Waals surface area contributed by atoms with Crippen molar-refractivity contribution in [2.45, 2.75) is 51.9 Å². The van der Waals surface area contributed by atoms with Gasteiger partial charge in [-0.25, -0.2) is 4.98 Å². The molecule has 0 atom stereocenters. The lowest BCUT2D eigenvalue weighted by atomic mass is 9.49. The SMILES string of the molecule is Cc1cccnc1NC(=S)NC(=O)CC12CC3CC(CC(C3)C1)C2. The summed E-state index contributed by atoms with van der Waals surface area (Å²) < 4.78 is 0. The highest BCUT2D eigenvalue weighted by Gasteiger charge is 2.51. The largest absolute Gasteiger partial charge is 0.317 e. The van der Waals surface area contributed by atoms with E-state index in [1.54, 1.807) is 6.20 Å². The second-order valence-corrected chi connectivity index (χ2v) is 8.67. The van der Waals surface area contributed by atoms with E-state index < -0.39 is 0 Å². The maximum atomic E-state index is 12.6. The van der Waals surface area contributed by atoms with E-state index in [9.17, 15) is 4.79 Å². The van der Waals surface area contributed by atoms with Gasteiger partial charge in [0.25, 0.3) is 0 Å². The number of thiocarbonyl (C=S) groups is 1. The predicted octanol–water partition coefficient (Wildman–Crippen LogP) is 3.81. The fourth-order valence-electron chi connectivity index (χ4n) is 5.77. The molecule has 4 aliphatic rings. The lowest BCUT2D eigenvalue weighted by Gasteiger charge is -2.56. The Labute approximate surface area is 148 Å². The van der Waals surface area contributed by atoms with Crippen LogP contribution in [0.2, 0.25) is 0 Å². The van der Waals surface area contributed by atoms with Gasteiger partial charge in [-0.15, -0.1) is 0 Å². The highest BCUT2D eigenvalue weighted by atomic mass is 32.1. The van der Waals surface area contributed by atoms with Crippen molar-refractivity contribution in [2.24, 2.45) is 23.2 Å². The number of carbonyl (C=O) groups excluding carboxylic acids is 1. The van der Waals surface area contributed by atoms with Crippen molar-refractivity contribution in [3.8, 4) is 0 Å². The van der Waals surface area contributed by atoms with E-state index in [-0.39, 0.29) is 11.3 Å². The third kappa shape index (κ3) is 3.18. The highest BCUT2D eigenvalue weighted by molar-refractivity contribution is 7.80. The summed E-state index contributed by atoms with van der Waals surface area (Å²) >= 11 is 5.30. The highest BCUT2D eigenvalue weighted by Crippen LogP contribution is 2.61. The summed E-state index contributed by atoms with van der Waals surface area (Å²) in [5.41, 5.74) is 1.25. The molecule has 24 heavy (non-hydrogen) atoms. The molecule has 1 amide bonds. The Morgan fingerprint density at radius 1 is 1.25 bits per heavy atom. The number of rotatable bonds is 3. The number of carbonyl (C=O) groups is 1. The molecule has 5 rings (SSSR count). The van der Waals surface area contributed by atoms with Gasteiger partial charge in [0.1, 0.15) is 5.82 Å². The van der Waals surface area contributed by atoms with E-state index in [2.05, 4.69) is 15.6 Å². The maximum absolute atomic E-state index is 12.6. The number of hydrogen-bond donors (Lipinski definition) is 2. The van der Waals surface area contributed by atoms with Gasteiger partial charge in [-0.05, 0) is 92.5 Å². The van der Waals surface area contributed by atoms with Crippen molar-refractivity contribution >= 4 is 29.1 Å². The Kier molecular flexibility index (Phi) is 4.07. The Morgan fingerprint density at radius 3 is 2.46 bits per heavy atom. The van der Waals surface area contributed by atoms with Crippen LogP contribution in [0, 0.1) is 30.1 Å². The van der Waals surface area contributed by atoms with E-state index in [4.69, 9.17) is 12.2 Å². The molecule has 1 aromatic rings. The number of hydrogen-bond acceptors (Lipinski definition) is 3. The van der Waals surface area contributed by atoms with Crippen LogP contribution in [0.15, 0.2) is 18.3 Å². The van der Waals surface area contributed by atoms with Crippen molar-refractivity contribution < 1.29 is 4.79 Å². The number of aromatic nitrogens is 1. The molecule has 0 radical (unpaired) electrons. The van der Waals surface area contributed by atoms with Gasteiger partial charge in [0, 0.05) is 12.6 Å². The van der Waals surface area contributed by atoms with Crippen LogP contribution in [-0.4, -0.2) is 16.0 Å². The number of aryl methyl sites for hydroxylation is 1. The lowest BCUT2D eigenvalue weighted by Crippen LogP contribution is -2.48. The van der Waals surface area contributed by atoms with Crippen LogP contribution in [0.3, 0.4) is 0 Å². The number of nitrogens with one attached hydrogen (secondary N) is 2. The fourth-order valence-corrected chi connectivity index (χ4v) is 5.98. The van der Waals surface area contributed by atoms with Crippen LogP contribution in [0.25, 0.3) is 0 Å². The first kappa shape index (κ1) is 16.0. The Hall–Kier alpha value is -1.49. The molecule has 128 valence electrons. The monoisotopic (exact) mass is 343 g/mol. The summed E-state index contributed by atoms with van der Waals surface area (Å²) in [6.45, 7) is 1.97. The molecule has 1 aromatic heterocycles. The first-order valence-electron chi connectivity index (χ1n) is 9.04. The maximum Gasteiger partial charge on any atom is 0.226 e. The average molecular weight is 343 g/mol. The standard InChI is InChI=1S/C19H25N3OS/c1-12-3-2-4-20-17(12)22-18(24)21-16(23)11-19-8-13-5-14(9-19)7-15(6-13)10-19/h2-4,13-15H,5-11H2,1H3,(H2,20,21,22,23,24). The van der Waals surface area contributed by atoms with Crippen molar-refractivity contribution in [2.75, 3.05) is 5.32 Å². The molecule has 0 aromatic carbocycles. The molecule has 1 heterocycles. The average Bonchev–Trinajstić information content (AvgIpc) is 2.47. The lowest BCUT2D eigenvalue weighted by molar-refractivity contribution is -0.127. The smallest absolute Gasteiger partial charge is 0.226 e. The van der Waals surface area contributed by atoms with Gasteiger partial charge in [0.15, 0.2) is 5.11 Å². The summed E-state index contributed by atoms with van der Waals surface area (Å²) in [4.78, 5) is 16.8. The van der Waals surface area contributed by atoms with Gasteiger partial charge in [0.05, 0.1) is 0 Å². The van der Waals surface area contributed by atoms with Crippen LogP contribution < -0.4 is 10.6 Å². The van der Waals surface area contributed by atoms with Gasteiger partial charge < -0.3 is 10.6 Å². The number of anilines is 1. The molecule has 0 saturated heterocycles. The van der Waals surface area contributed by atoms with E-state index in [0.29, 0.717) is 17.4 Å². The molecular formula is C19H25N3OS. The topological polar surface area (TPSA) is 54.0 Å². The number of nitrogens with zero attached hydrogens (tertiary/aromatic N) is 1. The van der Waals surface area contributed by atoms with Crippen LogP contribution in [0.5, 0.6) is 0 Å². The molecule has 5 heteroatoms. The van der Waals surface area contributed by atoms with Gasteiger partial charge in [0.2, 0.25) is 5.91 Å². The first-order chi connectivity index (χ1) is 11.5. The Balaban J connectivity index is 1.35.